The van der Waals surface area contributed by atoms with Gasteiger partial charge in [-0.15, -0.1) is 10.2 Å². The van der Waals surface area contributed by atoms with Crippen molar-refractivity contribution in [2.75, 3.05) is 4.72 Å². The fraction of sp³-hybridized carbons (Fsp3) is 0.0833. The lowest BCUT2D eigenvalue weighted by molar-refractivity contribution is 0.600. The van der Waals surface area contributed by atoms with Gasteiger partial charge in [-0.05, 0) is 61.9 Å². The summed E-state index contributed by atoms with van der Waals surface area (Å²) < 4.78 is 30.0. The molecule has 2 aromatic carbocycles. The Balaban J connectivity index is 1.44. The van der Waals surface area contributed by atoms with Crippen molar-refractivity contribution in [3.63, 3.8) is 0 Å². The van der Waals surface area contributed by atoms with Gasteiger partial charge in [-0.3, -0.25) is 9.71 Å². The highest BCUT2D eigenvalue weighted by atomic mass is 32.2. The molecular weight excluding hydrogens is 436 g/mol. The minimum absolute atomic E-state index is 0.264. The number of hydrogen-bond acceptors (Lipinski definition) is 6. The SMILES string of the molecule is Cc1ccc(S(=O)(=O)Nc2ccc(-c3ccc4nnc(-c5ccncc5)n4n3)cc2)c(C)c1. The maximum Gasteiger partial charge on any atom is 0.262 e. The Morgan fingerprint density at radius 3 is 2.30 bits per heavy atom. The average molecular weight is 457 g/mol. The van der Waals surface area contributed by atoms with Crippen molar-refractivity contribution in [3.05, 3.63) is 90.3 Å². The van der Waals surface area contributed by atoms with Crippen LogP contribution in [0.2, 0.25) is 0 Å². The first kappa shape index (κ1) is 20.8. The molecule has 0 spiro atoms. The molecule has 0 radical (unpaired) electrons. The molecule has 0 bridgehead atoms. The molecule has 5 rings (SSSR count). The highest BCUT2D eigenvalue weighted by Gasteiger charge is 2.17. The summed E-state index contributed by atoms with van der Waals surface area (Å²) in [5, 5.41) is 13.1. The Morgan fingerprint density at radius 2 is 1.58 bits per heavy atom. The Labute approximate surface area is 191 Å². The van der Waals surface area contributed by atoms with Gasteiger partial charge in [0.2, 0.25) is 0 Å². The van der Waals surface area contributed by atoms with E-state index in [1.54, 1.807) is 48.1 Å². The Hall–Kier alpha value is -4.11. The van der Waals surface area contributed by atoms with Crippen LogP contribution < -0.4 is 4.72 Å². The second-order valence-electron chi connectivity index (χ2n) is 7.70. The van der Waals surface area contributed by atoms with Gasteiger partial charge in [-0.25, -0.2) is 8.42 Å². The van der Waals surface area contributed by atoms with E-state index in [0.29, 0.717) is 28.4 Å². The van der Waals surface area contributed by atoms with Crippen LogP contribution >= 0.6 is 0 Å². The molecule has 0 aliphatic rings. The topological polar surface area (TPSA) is 102 Å². The number of fused-ring (bicyclic) bond motifs is 1. The quantitative estimate of drug-likeness (QED) is 0.424. The normalized spacial score (nSPS) is 11.6. The summed E-state index contributed by atoms with van der Waals surface area (Å²) in [4.78, 5) is 4.30. The van der Waals surface area contributed by atoms with Crippen molar-refractivity contribution in [3.8, 4) is 22.6 Å². The van der Waals surface area contributed by atoms with Gasteiger partial charge in [0.05, 0.1) is 10.6 Å². The predicted molar refractivity (Wildman–Crippen MR) is 126 cm³/mol. The lowest BCUT2D eigenvalue weighted by atomic mass is 10.1. The lowest BCUT2D eigenvalue weighted by Gasteiger charge is -2.11. The van der Waals surface area contributed by atoms with Crippen LogP contribution in [0, 0.1) is 13.8 Å². The fourth-order valence-corrected chi connectivity index (χ4v) is 4.93. The molecule has 0 unspecified atom stereocenters. The number of rotatable bonds is 5. The van der Waals surface area contributed by atoms with Crippen LogP contribution in [0.3, 0.4) is 0 Å². The van der Waals surface area contributed by atoms with Crippen LogP contribution in [-0.2, 0) is 10.0 Å². The minimum atomic E-state index is -3.69. The molecule has 0 aliphatic heterocycles. The highest BCUT2D eigenvalue weighted by Crippen LogP contribution is 2.24. The molecule has 3 aromatic heterocycles. The van der Waals surface area contributed by atoms with Crippen LogP contribution in [-0.4, -0.2) is 33.2 Å². The number of aryl methyl sites for hydroxylation is 2. The van der Waals surface area contributed by atoms with E-state index in [-0.39, 0.29) is 4.90 Å². The zero-order valence-electron chi connectivity index (χ0n) is 18.0. The van der Waals surface area contributed by atoms with Gasteiger partial charge in [0.25, 0.3) is 10.0 Å². The van der Waals surface area contributed by atoms with E-state index in [4.69, 9.17) is 0 Å². The van der Waals surface area contributed by atoms with E-state index in [2.05, 4.69) is 25.0 Å². The van der Waals surface area contributed by atoms with E-state index in [9.17, 15) is 8.42 Å². The molecule has 164 valence electrons. The zero-order chi connectivity index (χ0) is 23.0. The summed E-state index contributed by atoms with van der Waals surface area (Å²) >= 11 is 0. The van der Waals surface area contributed by atoms with Gasteiger partial charge in [-0.2, -0.15) is 9.61 Å². The Bertz CT molecular complexity index is 1560. The number of anilines is 1. The number of hydrogen-bond donors (Lipinski definition) is 1. The van der Waals surface area contributed by atoms with Crippen molar-refractivity contribution >= 4 is 21.4 Å². The van der Waals surface area contributed by atoms with E-state index >= 15 is 0 Å². The van der Waals surface area contributed by atoms with Crippen LogP contribution in [0.15, 0.2) is 84.0 Å². The van der Waals surface area contributed by atoms with Crippen molar-refractivity contribution in [1.82, 2.24) is 24.8 Å². The molecule has 9 heteroatoms. The lowest BCUT2D eigenvalue weighted by Crippen LogP contribution is -2.14. The van der Waals surface area contributed by atoms with Gasteiger partial charge in [0.15, 0.2) is 11.5 Å². The maximum atomic E-state index is 12.8. The summed E-state index contributed by atoms with van der Waals surface area (Å²) in [5.41, 5.74) is 5.22. The van der Waals surface area contributed by atoms with E-state index < -0.39 is 10.0 Å². The van der Waals surface area contributed by atoms with Crippen molar-refractivity contribution < 1.29 is 8.42 Å². The average Bonchev–Trinajstić information content (AvgIpc) is 3.23. The fourth-order valence-electron chi connectivity index (χ4n) is 3.64. The molecule has 0 saturated heterocycles. The predicted octanol–water partition coefficient (Wildman–Crippen LogP) is 4.27. The largest absolute Gasteiger partial charge is 0.280 e. The van der Waals surface area contributed by atoms with Crippen LogP contribution in [0.1, 0.15) is 11.1 Å². The first-order chi connectivity index (χ1) is 15.9. The summed E-state index contributed by atoms with van der Waals surface area (Å²) in [5.74, 6) is 0.618. The molecule has 0 saturated carbocycles. The molecule has 33 heavy (non-hydrogen) atoms. The highest BCUT2D eigenvalue weighted by molar-refractivity contribution is 7.92. The number of pyridine rings is 1. The molecule has 0 aliphatic carbocycles. The number of benzene rings is 2. The van der Waals surface area contributed by atoms with Gasteiger partial charge >= 0.3 is 0 Å². The summed E-state index contributed by atoms with van der Waals surface area (Å²) in [6, 6.07) is 19.8. The van der Waals surface area contributed by atoms with Crippen molar-refractivity contribution in [2.24, 2.45) is 0 Å². The number of nitrogens with zero attached hydrogens (tertiary/aromatic N) is 5. The van der Waals surface area contributed by atoms with Gasteiger partial charge < -0.3 is 0 Å². The second-order valence-corrected chi connectivity index (χ2v) is 9.35. The van der Waals surface area contributed by atoms with Crippen LogP contribution in [0.25, 0.3) is 28.3 Å². The third-order valence-corrected chi connectivity index (χ3v) is 6.80. The second kappa shape index (κ2) is 8.10. The molecule has 0 atom stereocenters. The number of sulfonamides is 1. The smallest absolute Gasteiger partial charge is 0.262 e. The molecule has 1 N–H and O–H groups in total. The maximum absolute atomic E-state index is 12.8. The van der Waals surface area contributed by atoms with E-state index in [0.717, 1.165) is 16.7 Å². The molecule has 0 amide bonds. The Morgan fingerprint density at radius 1 is 0.818 bits per heavy atom. The molecule has 3 heterocycles. The van der Waals surface area contributed by atoms with Crippen molar-refractivity contribution in [2.45, 2.75) is 18.7 Å². The van der Waals surface area contributed by atoms with Crippen molar-refractivity contribution in [1.29, 1.82) is 0 Å². The monoisotopic (exact) mass is 456 g/mol. The standard InChI is InChI=1S/C24H20N6O2S/c1-16-3-9-22(17(2)15-16)33(31,32)29-20-6-4-18(5-7-20)21-8-10-23-26-27-24(30(23)28-21)19-11-13-25-14-12-19/h3-15,29H,1-2H3. The first-order valence-corrected chi connectivity index (χ1v) is 11.7. The minimum Gasteiger partial charge on any atom is -0.280 e. The van der Waals surface area contributed by atoms with Gasteiger partial charge in [-0.1, -0.05) is 29.8 Å². The summed E-state index contributed by atoms with van der Waals surface area (Å²) in [6.45, 7) is 3.72. The molecule has 0 fully saturated rings. The third-order valence-electron chi connectivity index (χ3n) is 5.25. The Kier molecular flexibility index (Phi) is 5.10. The van der Waals surface area contributed by atoms with Crippen LogP contribution in [0.5, 0.6) is 0 Å². The summed E-state index contributed by atoms with van der Waals surface area (Å²) in [7, 11) is -3.69. The third kappa shape index (κ3) is 4.06. The molecular formula is C24H20N6O2S. The number of aromatic nitrogens is 5. The number of nitrogens with one attached hydrogen (secondary N) is 1. The summed E-state index contributed by atoms with van der Waals surface area (Å²) in [6.07, 6.45) is 3.39. The first-order valence-electron chi connectivity index (χ1n) is 10.2. The van der Waals surface area contributed by atoms with Crippen LogP contribution in [0.4, 0.5) is 5.69 Å². The molecule has 5 aromatic rings. The van der Waals surface area contributed by atoms with Gasteiger partial charge in [0.1, 0.15) is 0 Å². The van der Waals surface area contributed by atoms with E-state index in [1.807, 2.05) is 49.4 Å². The zero-order valence-corrected chi connectivity index (χ0v) is 18.8. The molecule has 8 nitrogen and oxygen atoms in total. The van der Waals surface area contributed by atoms with E-state index in [1.165, 1.54) is 0 Å². The van der Waals surface area contributed by atoms with Gasteiger partial charge in [0, 0.05) is 29.2 Å².